The Kier molecular flexibility index (Phi) is 3.52. The zero-order valence-corrected chi connectivity index (χ0v) is 10.5. The average Bonchev–Trinajstić information content (AvgIpc) is 2.33. The van der Waals surface area contributed by atoms with Gasteiger partial charge in [-0.3, -0.25) is 0 Å². The molecule has 0 spiro atoms. The Morgan fingerprint density at radius 2 is 1.44 bits per heavy atom. The molecular formula is C14H12Cl2. The summed E-state index contributed by atoms with van der Waals surface area (Å²) < 4.78 is 0. The van der Waals surface area contributed by atoms with Gasteiger partial charge in [0.2, 0.25) is 0 Å². The van der Waals surface area contributed by atoms with Crippen LogP contribution >= 0.6 is 23.2 Å². The molecule has 0 unspecified atom stereocenters. The van der Waals surface area contributed by atoms with Gasteiger partial charge in [0.25, 0.3) is 0 Å². The van der Waals surface area contributed by atoms with Crippen LogP contribution in [0.5, 0.6) is 0 Å². The summed E-state index contributed by atoms with van der Waals surface area (Å²) in [5, 5.41) is 1.19. The molecule has 0 aliphatic rings. The molecule has 0 fully saturated rings. The Morgan fingerprint density at radius 1 is 0.812 bits per heavy atom. The topological polar surface area (TPSA) is 0 Å². The lowest BCUT2D eigenvalue weighted by atomic mass is 10.0. The van der Waals surface area contributed by atoms with E-state index < -0.39 is 0 Å². The van der Waals surface area contributed by atoms with Gasteiger partial charge >= 0.3 is 0 Å². The second kappa shape index (κ2) is 4.90. The van der Waals surface area contributed by atoms with E-state index in [1.807, 2.05) is 18.2 Å². The molecule has 0 N–H and O–H groups in total. The monoisotopic (exact) mass is 250 g/mol. The lowest BCUT2D eigenvalue weighted by Gasteiger charge is -2.04. The van der Waals surface area contributed by atoms with Crippen LogP contribution in [0.4, 0.5) is 0 Å². The predicted molar refractivity (Wildman–Crippen MR) is 71.3 cm³/mol. The number of benzene rings is 2. The van der Waals surface area contributed by atoms with Gasteiger partial charge in [0.1, 0.15) is 0 Å². The molecule has 2 heteroatoms. The van der Waals surface area contributed by atoms with Gasteiger partial charge in [-0.15, -0.1) is 0 Å². The van der Waals surface area contributed by atoms with E-state index in [4.69, 9.17) is 23.2 Å². The van der Waals surface area contributed by atoms with Gasteiger partial charge in [0, 0.05) is 0 Å². The molecule has 0 aliphatic heterocycles. The van der Waals surface area contributed by atoms with Crippen LogP contribution in [0.2, 0.25) is 10.0 Å². The molecule has 0 radical (unpaired) electrons. The van der Waals surface area contributed by atoms with E-state index in [9.17, 15) is 0 Å². The van der Waals surface area contributed by atoms with Crippen molar-refractivity contribution in [2.24, 2.45) is 0 Å². The summed E-state index contributed by atoms with van der Waals surface area (Å²) in [6.45, 7) is 2.15. The van der Waals surface area contributed by atoms with E-state index in [0.29, 0.717) is 10.0 Å². The van der Waals surface area contributed by atoms with Crippen molar-refractivity contribution in [1.29, 1.82) is 0 Å². The quantitative estimate of drug-likeness (QED) is 0.686. The Bertz CT molecular complexity index is 487. The minimum atomic E-state index is 0.593. The van der Waals surface area contributed by atoms with Crippen LogP contribution in [0, 0.1) is 0 Å². The summed E-state index contributed by atoms with van der Waals surface area (Å²) in [5.74, 6) is 0. The van der Waals surface area contributed by atoms with Crippen molar-refractivity contribution in [3.05, 3.63) is 58.1 Å². The Balaban J connectivity index is 2.38. The minimum Gasteiger partial charge on any atom is -0.0827 e. The Morgan fingerprint density at radius 3 is 2.00 bits per heavy atom. The van der Waals surface area contributed by atoms with Crippen LogP contribution in [0.3, 0.4) is 0 Å². The van der Waals surface area contributed by atoms with Crippen LogP contribution in [0.25, 0.3) is 11.1 Å². The predicted octanol–water partition coefficient (Wildman–Crippen LogP) is 5.22. The first kappa shape index (κ1) is 11.5. The Hall–Kier alpha value is -0.980. The third kappa shape index (κ3) is 2.40. The van der Waals surface area contributed by atoms with Crippen molar-refractivity contribution in [3.8, 4) is 11.1 Å². The van der Waals surface area contributed by atoms with E-state index in [0.717, 1.165) is 17.5 Å². The molecular weight excluding hydrogens is 239 g/mol. The first-order chi connectivity index (χ1) is 7.70. The zero-order chi connectivity index (χ0) is 11.5. The van der Waals surface area contributed by atoms with Gasteiger partial charge in [0.05, 0.1) is 10.0 Å². The average molecular weight is 251 g/mol. The van der Waals surface area contributed by atoms with Crippen LogP contribution < -0.4 is 0 Å². The second-order valence-corrected chi connectivity index (χ2v) is 4.49. The number of halogens is 2. The molecule has 0 aliphatic carbocycles. The first-order valence-electron chi connectivity index (χ1n) is 5.25. The Labute approximate surface area is 106 Å². The zero-order valence-electron chi connectivity index (χ0n) is 9.00. The van der Waals surface area contributed by atoms with Gasteiger partial charge in [-0.25, -0.2) is 0 Å². The van der Waals surface area contributed by atoms with Gasteiger partial charge in [-0.2, -0.15) is 0 Å². The van der Waals surface area contributed by atoms with Crippen LogP contribution in [-0.2, 0) is 6.42 Å². The third-order valence-electron chi connectivity index (χ3n) is 2.62. The van der Waals surface area contributed by atoms with Crippen molar-refractivity contribution in [3.63, 3.8) is 0 Å². The summed E-state index contributed by atoms with van der Waals surface area (Å²) in [7, 11) is 0. The molecule has 0 atom stereocenters. The maximum Gasteiger partial charge on any atom is 0.0598 e. The van der Waals surface area contributed by atoms with Crippen LogP contribution in [-0.4, -0.2) is 0 Å². The van der Waals surface area contributed by atoms with Crippen molar-refractivity contribution >= 4 is 23.2 Å². The summed E-state index contributed by atoms with van der Waals surface area (Å²) in [6, 6.07) is 14.2. The molecule has 2 aromatic rings. The van der Waals surface area contributed by atoms with E-state index >= 15 is 0 Å². The minimum absolute atomic E-state index is 0.593. The van der Waals surface area contributed by atoms with Crippen molar-refractivity contribution < 1.29 is 0 Å². The van der Waals surface area contributed by atoms with Crippen molar-refractivity contribution in [2.45, 2.75) is 13.3 Å². The number of aryl methyl sites for hydroxylation is 1. The fraction of sp³-hybridized carbons (Fsp3) is 0.143. The van der Waals surface area contributed by atoms with Gasteiger partial charge in [0.15, 0.2) is 0 Å². The standard InChI is InChI=1S/C14H12Cl2/c1-2-10-3-5-11(6-4-10)12-7-8-13(15)14(16)9-12/h3-9H,2H2,1H3. The molecule has 0 nitrogen and oxygen atoms in total. The summed E-state index contributed by atoms with van der Waals surface area (Å²) >= 11 is 11.9. The fourth-order valence-electron chi connectivity index (χ4n) is 1.61. The maximum absolute atomic E-state index is 5.99. The molecule has 0 aromatic heterocycles. The van der Waals surface area contributed by atoms with Crippen molar-refractivity contribution in [2.75, 3.05) is 0 Å². The highest BCUT2D eigenvalue weighted by Gasteiger charge is 2.01. The van der Waals surface area contributed by atoms with Crippen LogP contribution in [0.15, 0.2) is 42.5 Å². The molecule has 0 bridgehead atoms. The molecule has 0 heterocycles. The maximum atomic E-state index is 5.99. The summed E-state index contributed by atoms with van der Waals surface area (Å²) in [5.41, 5.74) is 3.59. The van der Waals surface area contributed by atoms with Gasteiger partial charge < -0.3 is 0 Å². The molecule has 2 aromatic carbocycles. The molecule has 0 amide bonds. The van der Waals surface area contributed by atoms with E-state index in [-0.39, 0.29) is 0 Å². The van der Waals surface area contributed by atoms with Crippen molar-refractivity contribution in [1.82, 2.24) is 0 Å². The molecule has 2 rings (SSSR count). The molecule has 0 saturated carbocycles. The van der Waals surface area contributed by atoms with E-state index in [1.165, 1.54) is 5.56 Å². The molecule has 0 saturated heterocycles. The highest BCUT2D eigenvalue weighted by Crippen LogP contribution is 2.28. The largest absolute Gasteiger partial charge is 0.0827 e. The van der Waals surface area contributed by atoms with Crippen LogP contribution in [0.1, 0.15) is 12.5 Å². The van der Waals surface area contributed by atoms with Gasteiger partial charge in [-0.1, -0.05) is 60.5 Å². The summed E-state index contributed by atoms with van der Waals surface area (Å²) in [4.78, 5) is 0. The fourth-order valence-corrected chi connectivity index (χ4v) is 1.91. The lowest BCUT2D eigenvalue weighted by molar-refractivity contribution is 1.14. The number of rotatable bonds is 2. The highest BCUT2D eigenvalue weighted by molar-refractivity contribution is 6.42. The smallest absolute Gasteiger partial charge is 0.0598 e. The lowest BCUT2D eigenvalue weighted by Crippen LogP contribution is -1.81. The normalized spacial score (nSPS) is 10.4. The second-order valence-electron chi connectivity index (χ2n) is 3.68. The first-order valence-corrected chi connectivity index (χ1v) is 6.00. The van der Waals surface area contributed by atoms with E-state index in [1.54, 1.807) is 0 Å². The van der Waals surface area contributed by atoms with Gasteiger partial charge in [-0.05, 0) is 35.2 Å². The highest BCUT2D eigenvalue weighted by atomic mass is 35.5. The molecule has 82 valence electrons. The number of hydrogen-bond acceptors (Lipinski definition) is 0. The third-order valence-corrected chi connectivity index (χ3v) is 3.35. The summed E-state index contributed by atoms with van der Waals surface area (Å²) in [6.07, 6.45) is 1.06. The van der Waals surface area contributed by atoms with E-state index in [2.05, 4.69) is 31.2 Å². The SMILES string of the molecule is CCc1ccc(-c2ccc(Cl)c(Cl)c2)cc1. The molecule has 16 heavy (non-hydrogen) atoms. The number of hydrogen-bond donors (Lipinski definition) is 0.